The summed E-state index contributed by atoms with van der Waals surface area (Å²) in [5, 5.41) is 27.1. The number of anilines is 6. The number of aliphatic hydroxyl groups excluding tert-OH is 2. The van der Waals surface area contributed by atoms with Crippen LogP contribution >= 0.6 is 15.9 Å². The van der Waals surface area contributed by atoms with Gasteiger partial charge in [-0.15, -0.1) is 6.58 Å². The lowest BCUT2D eigenvalue weighted by molar-refractivity contribution is -0.168. The van der Waals surface area contributed by atoms with Crippen LogP contribution in [0.3, 0.4) is 0 Å². The first-order valence-electron chi connectivity index (χ1n) is 34.8. The van der Waals surface area contributed by atoms with Crippen LogP contribution in [-0.2, 0) is 31.8 Å². The maximum Gasteiger partial charge on any atom is 0.228 e. The van der Waals surface area contributed by atoms with E-state index in [0.29, 0.717) is 59.4 Å². The number of pyridine rings is 3. The topological polar surface area (TPSA) is 377 Å². The standard InChI is InChI=1S/C27H29N7O2.C24H25N7O2.C17H22N4O2.C10H6BrN3.CH4/c1-26(2)35-21-20(34-10-8-17-23(28)31-14-32-25(17)34)13-27(3,22(21)36-26)9-7-15-5-6-16-12-19(30-4)24(29)33-18(16)11-15;1-24(7-5-13-3-4-14-10-17(27-2)22(26)30-16(14)9-13)11-18(19(32)20(24)33)31-8-6-15-21(25)28-12-29-23(15)31;1-5-17(4)8-11(12-13(17)23-16(2,3)22-12)21-7-6-10-14(18)19-9-20-15(10)21;1-13-9-4-6-2-3-7(11)5-8(6)14-10(9)12;/h5-6,8,10-12,14,20-22H,7,9,13H2,1-3H3,(H2,29,33)(H2,28,31,32);3-4,6,8-10,12,18-20,32-33H,5,7,11H2,1H3,(H2,26,30)(H2,25,28,29);5-7,9,11-13H,1,8H2,2-4H3,(H2,18,19,20);2-5H,(H2,12,14);1H4/t20-,21+,22+,27+;18-,19+,20+,24+;11-,12+,13+,17+;;/m111../s1. The highest BCUT2D eigenvalue weighted by Gasteiger charge is 2.61. The lowest BCUT2D eigenvalue weighted by Crippen LogP contribution is -2.35. The molecule has 107 heavy (non-hydrogen) atoms. The molecule has 5 aliphatic rings. The van der Waals surface area contributed by atoms with Crippen molar-refractivity contribution < 1.29 is 29.2 Å². The van der Waals surface area contributed by atoms with Gasteiger partial charge in [0.15, 0.2) is 11.6 Å². The molecule has 3 aromatic carbocycles. The van der Waals surface area contributed by atoms with E-state index in [1.54, 1.807) is 18.2 Å². The monoisotopic (exact) mass is 1500 g/mol. The van der Waals surface area contributed by atoms with Gasteiger partial charge in [-0.25, -0.2) is 59.4 Å². The quantitative estimate of drug-likeness (QED) is 0.0466. The van der Waals surface area contributed by atoms with Crippen molar-refractivity contribution in [3.63, 3.8) is 0 Å². The Bertz CT molecular complexity index is 5590. The van der Waals surface area contributed by atoms with Crippen LogP contribution in [0.2, 0.25) is 0 Å². The minimum absolute atomic E-state index is 0. The lowest BCUT2D eigenvalue weighted by Gasteiger charge is -2.32. The number of fused-ring (bicyclic) bond motifs is 8. The van der Waals surface area contributed by atoms with Gasteiger partial charge in [-0.1, -0.05) is 80.5 Å². The summed E-state index contributed by atoms with van der Waals surface area (Å²) in [6, 6.07) is 28.7. The van der Waals surface area contributed by atoms with Crippen LogP contribution in [0.1, 0.15) is 117 Å². The molecule has 11 heterocycles. The van der Waals surface area contributed by atoms with Gasteiger partial charge in [-0.3, -0.25) is 0 Å². The van der Waals surface area contributed by atoms with Crippen molar-refractivity contribution in [3.8, 4) is 0 Å². The Labute approximate surface area is 627 Å². The van der Waals surface area contributed by atoms with Crippen LogP contribution in [0.25, 0.3) is 80.3 Å². The summed E-state index contributed by atoms with van der Waals surface area (Å²) in [6.07, 6.45) is 15.8. The fourth-order valence-corrected chi connectivity index (χ4v) is 16.5. The summed E-state index contributed by atoms with van der Waals surface area (Å²) >= 11 is 3.35. The second-order valence-electron chi connectivity index (χ2n) is 29.9. The van der Waals surface area contributed by atoms with Crippen LogP contribution in [0.15, 0.2) is 146 Å². The summed E-state index contributed by atoms with van der Waals surface area (Å²) in [7, 11) is 0. The molecule has 0 spiro atoms. The summed E-state index contributed by atoms with van der Waals surface area (Å²) in [6.45, 7) is 39.7. The van der Waals surface area contributed by atoms with Crippen molar-refractivity contribution >= 4 is 134 Å². The van der Waals surface area contributed by atoms with E-state index in [0.717, 1.165) is 95.9 Å². The fraction of sp³-hybridized carbons (Fsp3) is 0.367. The molecule has 0 radical (unpaired) electrons. The molecular formula is C79H86BrN21O6. The number of aliphatic hydroxyl groups is 2. The van der Waals surface area contributed by atoms with Crippen molar-refractivity contribution in [2.24, 2.45) is 16.2 Å². The van der Waals surface area contributed by atoms with Gasteiger partial charge >= 0.3 is 0 Å². The molecule has 3 aliphatic carbocycles. The molecule has 14 N–H and O–H groups in total. The van der Waals surface area contributed by atoms with Crippen molar-refractivity contribution in [3.05, 3.63) is 191 Å². The highest BCUT2D eigenvalue weighted by Crippen LogP contribution is 2.57. The zero-order valence-electron chi connectivity index (χ0n) is 59.6. The SMILES string of the molecule is C.C=C[C@@]1(C)C[C@@H](n2ccc3c(N)ncnc32)[C@@H]2OC(C)(C)O[C@@H]21.[C-]#[N+]c1cc2ccc(Br)cc2nc1N.[C-]#[N+]c1cc2ccc(CC[C@@]3(C)C[C@@H](n4ccc5c(N)ncnc54)[C@@H]4OC(C)(C)O[C@@H]43)cc2nc1N.[C-]#[N+]c1cc2ccc(CC[C@@]3(C)C[C@@H](n4ccc5c(N)ncnc54)[C@H](O)[C@@H]3O)cc2nc1N. The molecule has 0 bridgehead atoms. The number of nitrogen functional groups attached to an aromatic ring is 6. The third-order valence-electron chi connectivity index (χ3n) is 21.8. The normalized spacial score (nSPS) is 25.7. The number of rotatable bonds is 10. The van der Waals surface area contributed by atoms with Crippen LogP contribution in [-0.4, -0.2) is 117 Å². The van der Waals surface area contributed by atoms with Crippen molar-refractivity contribution in [2.75, 3.05) is 34.4 Å². The number of aromatic nitrogens is 12. The number of hydrogen-bond donors (Lipinski definition) is 8. The lowest BCUT2D eigenvalue weighted by atomic mass is 9.80. The first kappa shape index (κ1) is 74.3. The molecule has 0 unspecified atom stereocenters. The number of nitrogens with two attached hydrogens (primary N) is 6. The predicted molar refractivity (Wildman–Crippen MR) is 419 cm³/mol. The van der Waals surface area contributed by atoms with Crippen LogP contribution < -0.4 is 34.4 Å². The number of benzene rings is 3. The van der Waals surface area contributed by atoms with E-state index >= 15 is 0 Å². The van der Waals surface area contributed by atoms with Crippen LogP contribution in [0, 0.1) is 36.0 Å². The van der Waals surface area contributed by atoms with E-state index in [1.165, 1.54) is 24.5 Å². The number of nitrogens with zero attached hydrogens (tertiary/aromatic N) is 15. The van der Waals surface area contributed by atoms with Crippen molar-refractivity contribution in [1.82, 2.24) is 58.6 Å². The van der Waals surface area contributed by atoms with Gasteiger partial charge in [0.05, 0.1) is 88.9 Å². The molecule has 5 fully saturated rings. The molecule has 550 valence electrons. The van der Waals surface area contributed by atoms with E-state index < -0.39 is 29.2 Å². The number of hydrogen-bond acceptors (Lipinski definition) is 21. The van der Waals surface area contributed by atoms with Gasteiger partial charge in [-0.05, 0) is 171 Å². The van der Waals surface area contributed by atoms with Crippen LogP contribution in [0.5, 0.6) is 0 Å². The molecule has 9 aromatic heterocycles. The minimum Gasteiger partial charge on any atom is -0.392 e. The Balaban J connectivity index is 0.000000132. The average Bonchev–Trinajstić information content (AvgIpc) is 1.58. The highest BCUT2D eigenvalue weighted by molar-refractivity contribution is 9.10. The second kappa shape index (κ2) is 28.4. The number of ether oxygens (including phenoxy) is 4. The van der Waals surface area contributed by atoms with Gasteiger partial charge < -0.3 is 77.3 Å². The maximum absolute atomic E-state index is 11.0. The van der Waals surface area contributed by atoms with E-state index in [9.17, 15) is 10.2 Å². The Morgan fingerprint density at radius 1 is 0.495 bits per heavy atom. The molecule has 2 saturated heterocycles. The van der Waals surface area contributed by atoms with Crippen LogP contribution in [0.4, 0.5) is 52.0 Å². The third-order valence-corrected chi connectivity index (χ3v) is 22.3. The molecule has 12 atom stereocenters. The fourth-order valence-electron chi connectivity index (χ4n) is 16.2. The zero-order valence-corrected chi connectivity index (χ0v) is 61.2. The Kier molecular flexibility index (Phi) is 19.7. The van der Waals surface area contributed by atoms with Gasteiger partial charge in [-0.2, -0.15) is 0 Å². The molecule has 17 rings (SSSR count). The Morgan fingerprint density at radius 2 is 0.879 bits per heavy atom. The molecule has 3 saturated carbocycles. The molecular weight excluding hydrogens is 1420 g/mol. The number of aryl methyl sites for hydroxylation is 2. The number of halogens is 1. The first-order chi connectivity index (χ1) is 50.5. The first-order valence-corrected chi connectivity index (χ1v) is 35.6. The molecule has 28 heteroatoms. The molecule has 2 aliphatic heterocycles. The van der Waals surface area contributed by atoms with Gasteiger partial charge in [0.1, 0.15) is 89.1 Å². The third kappa shape index (κ3) is 13.9. The van der Waals surface area contributed by atoms with E-state index in [-0.39, 0.29) is 78.3 Å². The summed E-state index contributed by atoms with van der Waals surface area (Å²) in [5.74, 6) is 0.904. The Morgan fingerprint density at radius 3 is 1.32 bits per heavy atom. The average molecular weight is 1510 g/mol. The summed E-state index contributed by atoms with van der Waals surface area (Å²) in [5.41, 5.74) is 42.7. The Hall–Kier alpha value is -11.0. The summed E-state index contributed by atoms with van der Waals surface area (Å²) in [4.78, 5) is 48.6. The second-order valence-corrected chi connectivity index (χ2v) is 30.8. The smallest absolute Gasteiger partial charge is 0.228 e. The largest absolute Gasteiger partial charge is 0.392 e. The highest BCUT2D eigenvalue weighted by atomic mass is 79.9. The van der Waals surface area contributed by atoms with E-state index in [2.05, 4.69) is 117 Å². The summed E-state index contributed by atoms with van der Waals surface area (Å²) < 4.78 is 32.5. The maximum atomic E-state index is 11.0. The van der Waals surface area contributed by atoms with Crippen molar-refractivity contribution in [2.45, 2.75) is 167 Å². The van der Waals surface area contributed by atoms with E-state index in [1.807, 2.05) is 125 Å². The van der Waals surface area contributed by atoms with Gasteiger partial charge in [0, 0.05) is 28.5 Å². The molecule has 12 aromatic rings. The zero-order chi connectivity index (χ0) is 75.1. The van der Waals surface area contributed by atoms with Gasteiger partial charge in [0.2, 0.25) is 17.1 Å². The van der Waals surface area contributed by atoms with Crippen molar-refractivity contribution in [1.29, 1.82) is 0 Å². The van der Waals surface area contributed by atoms with E-state index in [4.69, 9.17) is 73.1 Å². The van der Waals surface area contributed by atoms with Gasteiger partial charge in [0.25, 0.3) is 0 Å². The molecule has 0 amide bonds. The molecule has 27 nitrogen and oxygen atoms in total. The minimum atomic E-state index is -0.924. The predicted octanol–water partition coefficient (Wildman–Crippen LogP) is 14.2.